The fraction of sp³-hybridized carbons (Fsp3) is 0.833. The van der Waals surface area contributed by atoms with Crippen molar-refractivity contribution in [3.05, 3.63) is 35.1 Å². The van der Waals surface area contributed by atoms with E-state index in [9.17, 15) is 0 Å². The first-order valence-electron chi connectivity index (χ1n) is 4.99. The molecule has 0 N–H and O–H groups in total. The van der Waals surface area contributed by atoms with Gasteiger partial charge in [0.2, 0.25) is 0 Å². The molecule has 0 saturated heterocycles. The molecule has 0 aromatic rings. The molecule has 0 heterocycles. The first-order valence-corrected chi connectivity index (χ1v) is 4.99. The van der Waals surface area contributed by atoms with Gasteiger partial charge in [0.1, 0.15) is 0 Å². The Hall–Kier alpha value is 0.554. The number of hydrogen-bond acceptors (Lipinski definition) is 0. The SMILES string of the molecule is C[N-]C.C[N-]C.C[N-]C.C[N-]C.[CH2-]C.[CH2-]C.[Ti]. The van der Waals surface area contributed by atoms with Crippen LogP contribution in [0, 0.1) is 13.8 Å². The van der Waals surface area contributed by atoms with E-state index in [2.05, 4.69) is 35.1 Å². The Bertz CT molecular complexity index is 26.5. The maximum absolute atomic E-state index is 3.50. The van der Waals surface area contributed by atoms with Gasteiger partial charge in [0.25, 0.3) is 0 Å². The van der Waals surface area contributed by atoms with Crippen molar-refractivity contribution in [3.63, 3.8) is 0 Å². The van der Waals surface area contributed by atoms with Gasteiger partial charge in [0, 0.05) is 21.7 Å². The fourth-order valence-corrected chi connectivity index (χ4v) is 0. The monoisotopic (exact) mass is 282 g/mol. The summed E-state index contributed by atoms with van der Waals surface area (Å²) >= 11 is 0. The molecule has 5 heteroatoms. The molecule has 0 aliphatic heterocycles. The summed E-state index contributed by atoms with van der Waals surface area (Å²) in [6.45, 7) is 10.0. The van der Waals surface area contributed by atoms with Crippen LogP contribution in [0.5, 0.6) is 0 Å². The molecule has 0 spiro atoms. The average molecular weight is 282 g/mol. The van der Waals surface area contributed by atoms with E-state index in [0.717, 1.165) is 0 Å². The molecule has 0 atom stereocenters. The number of nitrogens with zero attached hydrogens (tertiary/aromatic N) is 4. The van der Waals surface area contributed by atoms with Crippen molar-refractivity contribution in [1.29, 1.82) is 0 Å². The van der Waals surface area contributed by atoms with Gasteiger partial charge in [-0.1, -0.05) is 0 Å². The Morgan fingerprint density at radius 1 is 0.412 bits per heavy atom. The van der Waals surface area contributed by atoms with Crippen LogP contribution < -0.4 is 0 Å². The predicted octanol–water partition coefficient (Wildman–Crippen LogP) is 4.16. The van der Waals surface area contributed by atoms with Crippen LogP contribution in [0.15, 0.2) is 0 Å². The van der Waals surface area contributed by atoms with E-state index in [1.807, 2.05) is 0 Å². The third-order valence-corrected chi connectivity index (χ3v) is 0. The van der Waals surface area contributed by atoms with E-state index in [1.54, 1.807) is 70.2 Å². The largest absolute Gasteiger partial charge is 0.668 e. The van der Waals surface area contributed by atoms with E-state index in [1.165, 1.54) is 0 Å². The standard InChI is InChI=1S/4C2H6N.2C2H5.Ti/c4*1-3-2;2*1-2;/h4*1-2H3;2*1H2,2H3;/q6*-1;. The molecule has 0 aliphatic carbocycles. The summed E-state index contributed by atoms with van der Waals surface area (Å²) in [6, 6.07) is 0. The van der Waals surface area contributed by atoms with Crippen molar-refractivity contribution in [2.24, 2.45) is 0 Å². The van der Waals surface area contributed by atoms with Crippen LogP contribution in [0.4, 0.5) is 0 Å². The van der Waals surface area contributed by atoms with Gasteiger partial charge in [-0.2, -0.15) is 70.2 Å². The van der Waals surface area contributed by atoms with Crippen molar-refractivity contribution >= 4 is 0 Å². The molecule has 0 aliphatic rings. The van der Waals surface area contributed by atoms with Gasteiger partial charge >= 0.3 is 0 Å². The number of rotatable bonds is 0. The van der Waals surface area contributed by atoms with Crippen LogP contribution in [0.3, 0.4) is 0 Å². The van der Waals surface area contributed by atoms with Gasteiger partial charge in [0.15, 0.2) is 0 Å². The van der Waals surface area contributed by atoms with E-state index in [4.69, 9.17) is 0 Å². The Morgan fingerprint density at radius 3 is 0.412 bits per heavy atom. The van der Waals surface area contributed by atoms with Gasteiger partial charge in [0.05, 0.1) is 0 Å². The minimum Gasteiger partial charge on any atom is -0.668 e. The van der Waals surface area contributed by atoms with Crippen molar-refractivity contribution < 1.29 is 21.7 Å². The van der Waals surface area contributed by atoms with Crippen molar-refractivity contribution in [2.75, 3.05) is 56.4 Å². The molecular formula is C12H34N4Ti-6. The molecule has 17 heavy (non-hydrogen) atoms. The van der Waals surface area contributed by atoms with Crippen LogP contribution in [-0.4, -0.2) is 56.4 Å². The summed E-state index contributed by atoms with van der Waals surface area (Å²) in [7, 11) is 14.0. The third-order valence-electron chi connectivity index (χ3n) is 0. The zero-order chi connectivity index (χ0) is 14.8. The van der Waals surface area contributed by atoms with Gasteiger partial charge < -0.3 is 35.1 Å². The van der Waals surface area contributed by atoms with Crippen LogP contribution >= 0.6 is 0 Å². The first-order chi connectivity index (χ1) is 7.66. The van der Waals surface area contributed by atoms with Crippen LogP contribution in [-0.2, 0) is 21.7 Å². The summed E-state index contributed by atoms with van der Waals surface area (Å²) in [4.78, 5) is 0. The summed E-state index contributed by atoms with van der Waals surface area (Å²) in [5.74, 6) is 0. The Balaban J connectivity index is -0.0000000141. The normalized spacial score (nSPS) is 4.94. The fourth-order valence-electron chi connectivity index (χ4n) is 0. The molecular weight excluding hydrogens is 248 g/mol. The van der Waals surface area contributed by atoms with Crippen molar-refractivity contribution in [2.45, 2.75) is 13.8 Å². The zero-order valence-electron chi connectivity index (χ0n) is 13.7. The van der Waals surface area contributed by atoms with Crippen LogP contribution in [0.1, 0.15) is 13.8 Å². The quantitative estimate of drug-likeness (QED) is 0.473. The minimum atomic E-state index is 0. The molecule has 4 nitrogen and oxygen atoms in total. The van der Waals surface area contributed by atoms with Crippen LogP contribution in [0.25, 0.3) is 21.3 Å². The molecule has 0 aromatic heterocycles. The number of hydrogen-bond donors (Lipinski definition) is 0. The van der Waals surface area contributed by atoms with Gasteiger partial charge in [-0.25, -0.2) is 0 Å². The maximum Gasteiger partial charge on any atom is 0 e. The maximum atomic E-state index is 3.50. The van der Waals surface area contributed by atoms with Crippen LogP contribution in [0.2, 0.25) is 0 Å². The van der Waals surface area contributed by atoms with E-state index in [-0.39, 0.29) is 21.7 Å². The summed E-state index contributed by atoms with van der Waals surface area (Å²) < 4.78 is 0. The van der Waals surface area contributed by atoms with Gasteiger partial charge in [-0.3, -0.25) is 0 Å². The zero-order valence-corrected chi connectivity index (χ0v) is 15.3. The van der Waals surface area contributed by atoms with Crippen molar-refractivity contribution in [1.82, 2.24) is 0 Å². The molecule has 0 saturated carbocycles. The predicted molar refractivity (Wildman–Crippen MR) is 82.9 cm³/mol. The summed E-state index contributed by atoms with van der Waals surface area (Å²) in [5, 5.41) is 14.0. The Labute approximate surface area is 127 Å². The molecule has 0 radical (unpaired) electrons. The molecule has 0 amide bonds. The van der Waals surface area contributed by atoms with E-state index >= 15 is 0 Å². The minimum absolute atomic E-state index is 0. The first kappa shape index (κ1) is 43.2. The molecule has 0 rings (SSSR count). The molecule has 0 aromatic carbocycles. The molecule has 0 fully saturated rings. The second-order valence-electron chi connectivity index (χ2n) is 1.79. The summed E-state index contributed by atoms with van der Waals surface area (Å²) in [6.07, 6.45) is 0. The molecule has 0 unspecified atom stereocenters. The summed E-state index contributed by atoms with van der Waals surface area (Å²) in [5.41, 5.74) is 0. The van der Waals surface area contributed by atoms with Gasteiger partial charge in [-0.15, -0.1) is 0 Å². The second kappa shape index (κ2) is 193. The average Bonchev–Trinajstić information content (AvgIpc) is 2.27. The topological polar surface area (TPSA) is 56.4 Å². The van der Waals surface area contributed by atoms with E-state index in [0.29, 0.717) is 0 Å². The van der Waals surface area contributed by atoms with Gasteiger partial charge in [-0.05, 0) is 0 Å². The van der Waals surface area contributed by atoms with E-state index < -0.39 is 0 Å². The van der Waals surface area contributed by atoms with Crippen molar-refractivity contribution in [3.8, 4) is 0 Å². The smallest absolute Gasteiger partial charge is 0 e. The molecule has 0 bridgehead atoms. The Kier molecular flexibility index (Phi) is 491. The Morgan fingerprint density at radius 2 is 0.412 bits per heavy atom. The third kappa shape index (κ3) is 11400. The second-order valence-corrected chi connectivity index (χ2v) is 1.79. The molecule has 112 valence electrons.